The molecule has 2 N–H and O–H groups in total. The minimum Gasteiger partial charge on any atom is -0.393 e. The minimum absolute atomic E-state index is 0.156. The van der Waals surface area contributed by atoms with Gasteiger partial charge < -0.3 is 10.6 Å². The molecule has 0 aromatic heterocycles. The van der Waals surface area contributed by atoms with Crippen LogP contribution in [0.3, 0.4) is 0 Å². The van der Waals surface area contributed by atoms with E-state index in [2.05, 4.69) is 16.7 Å². The summed E-state index contributed by atoms with van der Waals surface area (Å²) in [4.78, 5) is 5.84. The second kappa shape index (κ2) is 5.63. The molecule has 17 heavy (non-hydrogen) atoms. The van der Waals surface area contributed by atoms with Gasteiger partial charge in [-0.05, 0) is 19.4 Å². The summed E-state index contributed by atoms with van der Waals surface area (Å²) in [6.45, 7) is 9.27. The Kier molecular flexibility index (Phi) is 4.39. The smallest absolute Gasteiger partial charge is 0.0802 e. The molecule has 0 atom stereocenters. The number of likely N-dealkylation sites (N-methyl/N-ethyl adjacent to an activating group) is 1. The van der Waals surface area contributed by atoms with Gasteiger partial charge in [-0.1, -0.05) is 32.0 Å². The quantitative estimate of drug-likeness (QED) is 0.771. The number of nitrogens with two attached hydrogens (primary N) is 1. The standard InChI is InChI=1S/C13H25N3S/c1-2-15-7-9-16(10-8-15)11-13(12(14)17)5-3-4-6-13/h2-11H2,1H3,(H2,14,17). The molecule has 0 radical (unpaired) electrons. The second-order valence-corrected chi connectivity index (χ2v) is 6.00. The summed E-state index contributed by atoms with van der Waals surface area (Å²) in [7, 11) is 0. The summed E-state index contributed by atoms with van der Waals surface area (Å²) in [5.41, 5.74) is 6.15. The maximum absolute atomic E-state index is 6.00. The second-order valence-electron chi connectivity index (χ2n) is 5.56. The van der Waals surface area contributed by atoms with E-state index in [1.54, 1.807) is 0 Å². The van der Waals surface area contributed by atoms with Crippen molar-refractivity contribution in [2.45, 2.75) is 32.6 Å². The summed E-state index contributed by atoms with van der Waals surface area (Å²) in [5, 5.41) is 0. The van der Waals surface area contributed by atoms with Crippen LogP contribution in [-0.2, 0) is 0 Å². The van der Waals surface area contributed by atoms with Crippen molar-refractivity contribution < 1.29 is 0 Å². The van der Waals surface area contributed by atoms with Gasteiger partial charge in [0.15, 0.2) is 0 Å². The number of hydrogen-bond acceptors (Lipinski definition) is 3. The number of piperazine rings is 1. The van der Waals surface area contributed by atoms with Gasteiger partial charge in [-0.25, -0.2) is 0 Å². The topological polar surface area (TPSA) is 32.5 Å². The fourth-order valence-electron chi connectivity index (χ4n) is 3.23. The van der Waals surface area contributed by atoms with E-state index in [0.717, 1.165) is 11.5 Å². The summed E-state index contributed by atoms with van der Waals surface area (Å²) >= 11 is 5.32. The average molecular weight is 255 g/mol. The lowest BCUT2D eigenvalue weighted by Crippen LogP contribution is -2.51. The highest BCUT2D eigenvalue weighted by Gasteiger charge is 2.38. The number of rotatable bonds is 4. The van der Waals surface area contributed by atoms with Crippen molar-refractivity contribution in [3.8, 4) is 0 Å². The van der Waals surface area contributed by atoms with Gasteiger partial charge in [0.05, 0.1) is 4.99 Å². The molecule has 1 aliphatic heterocycles. The van der Waals surface area contributed by atoms with Crippen LogP contribution in [0.1, 0.15) is 32.6 Å². The van der Waals surface area contributed by atoms with Gasteiger partial charge in [0, 0.05) is 38.1 Å². The highest BCUT2D eigenvalue weighted by Crippen LogP contribution is 2.39. The first-order valence-corrected chi connectivity index (χ1v) is 7.32. The van der Waals surface area contributed by atoms with Crippen molar-refractivity contribution in [3.63, 3.8) is 0 Å². The van der Waals surface area contributed by atoms with E-state index in [1.165, 1.54) is 58.4 Å². The molecule has 0 bridgehead atoms. The van der Waals surface area contributed by atoms with Crippen molar-refractivity contribution in [3.05, 3.63) is 0 Å². The van der Waals surface area contributed by atoms with Crippen molar-refractivity contribution in [1.29, 1.82) is 0 Å². The monoisotopic (exact) mass is 255 g/mol. The molecule has 0 amide bonds. The third kappa shape index (κ3) is 2.98. The SMILES string of the molecule is CCN1CCN(CC2(C(N)=S)CCCC2)CC1. The zero-order chi connectivity index (χ0) is 12.3. The minimum atomic E-state index is 0.156. The van der Waals surface area contributed by atoms with E-state index < -0.39 is 0 Å². The van der Waals surface area contributed by atoms with Crippen LogP contribution >= 0.6 is 12.2 Å². The van der Waals surface area contributed by atoms with Crippen molar-refractivity contribution in [1.82, 2.24) is 9.80 Å². The van der Waals surface area contributed by atoms with Crippen LogP contribution in [0, 0.1) is 5.41 Å². The third-order valence-corrected chi connectivity index (χ3v) is 4.95. The average Bonchev–Trinajstić information content (AvgIpc) is 2.80. The van der Waals surface area contributed by atoms with E-state index in [-0.39, 0.29) is 5.41 Å². The number of nitrogens with zero attached hydrogens (tertiary/aromatic N) is 2. The third-order valence-electron chi connectivity index (χ3n) is 4.52. The van der Waals surface area contributed by atoms with Crippen LogP contribution in [0.15, 0.2) is 0 Å². The molecule has 98 valence electrons. The maximum Gasteiger partial charge on any atom is 0.0802 e. The summed E-state index contributed by atoms with van der Waals surface area (Å²) in [6.07, 6.45) is 5.01. The molecular formula is C13H25N3S. The first kappa shape index (κ1) is 13.2. The van der Waals surface area contributed by atoms with Crippen LogP contribution in [0.25, 0.3) is 0 Å². The Morgan fingerprint density at radius 3 is 2.12 bits per heavy atom. The molecule has 1 saturated heterocycles. The van der Waals surface area contributed by atoms with Gasteiger partial charge in [-0.15, -0.1) is 0 Å². The molecule has 1 saturated carbocycles. The van der Waals surface area contributed by atoms with Gasteiger partial charge in [0.1, 0.15) is 0 Å². The Balaban J connectivity index is 1.89. The first-order chi connectivity index (χ1) is 8.16. The van der Waals surface area contributed by atoms with E-state index in [4.69, 9.17) is 18.0 Å². The zero-order valence-corrected chi connectivity index (χ0v) is 11.8. The first-order valence-electron chi connectivity index (χ1n) is 6.91. The lowest BCUT2D eigenvalue weighted by atomic mass is 9.85. The highest BCUT2D eigenvalue weighted by molar-refractivity contribution is 7.80. The fraction of sp³-hybridized carbons (Fsp3) is 0.923. The Labute approximate surface area is 110 Å². The molecule has 1 aliphatic carbocycles. The number of hydrogen-bond donors (Lipinski definition) is 1. The molecule has 3 nitrogen and oxygen atoms in total. The van der Waals surface area contributed by atoms with Crippen molar-refractivity contribution in [2.24, 2.45) is 11.1 Å². The van der Waals surface area contributed by atoms with Gasteiger partial charge in [-0.2, -0.15) is 0 Å². The normalized spacial score (nSPS) is 26.2. The molecule has 2 aliphatic rings. The molecule has 2 fully saturated rings. The summed E-state index contributed by atoms with van der Waals surface area (Å²) < 4.78 is 0. The Morgan fingerprint density at radius 1 is 1.12 bits per heavy atom. The Morgan fingerprint density at radius 2 is 1.65 bits per heavy atom. The largest absolute Gasteiger partial charge is 0.393 e. The van der Waals surface area contributed by atoms with Crippen LogP contribution in [0.4, 0.5) is 0 Å². The molecule has 4 heteroatoms. The van der Waals surface area contributed by atoms with E-state index in [9.17, 15) is 0 Å². The molecule has 0 unspecified atom stereocenters. The predicted molar refractivity (Wildman–Crippen MR) is 76.2 cm³/mol. The number of thiocarbonyl (C=S) groups is 1. The lowest BCUT2D eigenvalue weighted by molar-refractivity contribution is 0.111. The molecule has 1 heterocycles. The van der Waals surface area contributed by atoms with Crippen LogP contribution in [0.5, 0.6) is 0 Å². The van der Waals surface area contributed by atoms with Crippen LogP contribution in [0.2, 0.25) is 0 Å². The Hall–Kier alpha value is -0.190. The summed E-state index contributed by atoms with van der Waals surface area (Å²) in [5.74, 6) is 0. The van der Waals surface area contributed by atoms with E-state index >= 15 is 0 Å². The molecule has 2 rings (SSSR count). The molecule has 0 aromatic carbocycles. The molecule has 0 aromatic rings. The molecule has 0 spiro atoms. The van der Waals surface area contributed by atoms with Crippen molar-refractivity contribution >= 4 is 17.2 Å². The highest BCUT2D eigenvalue weighted by atomic mass is 32.1. The van der Waals surface area contributed by atoms with Gasteiger partial charge in [0.25, 0.3) is 0 Å². The van der Waals surface area contributed by atoms with Crippen molar-refractivity contribution in [2.75, 3.05) is 39.3 Å². The summed E-state index contributed by atoms with van der Waals surface area (Å²) in [6, 6.07) is 0. The Bertz CT molecular complexity index is 266. The molecular weight excluding hydrogens is 230 g/mol. The predicted octanol–water partition coefficient (Wildman–Crippen LogP) is 1.47. The fourth-order valence-corrected chi connectivity index (χ4v) is 3.49. The lowest BCUT2D eigenvalue weighted by Gasteiger charge is -2.39. The van der Waals surface area contributed by atoms with E-state index in [0.29, 0.717) is 0 Å². The van der Waals surface area contributed by atoms with Crippen LogP contribution < -0.4 is 5.73 Å². The van der Waals surface area contributed by atoms with Gasteiger partial charge >= 0.3 is 0 Å². The van der Waals surface area contributed by atoms with E-state index in [1.807, 2.05) is 0 Å². The van der Waals surface area contributed by atoms with Gasteiger partial charge in [-0.3, -0.25) is 4.90 Å². The zero-order valence-electron chi connectivity index (χ0n) is 11.0. The maximum atomic E-state index is 6.00. The van der Waals surface area contributed by atoms with Crippen LogP contribution in [-0.4, -0.2) is 54.1 Å². The van der Waals surface area contributed by atoms with Gasteiger partial charge in [0.2, 0.25) is 0 Å².